The minimum atomic E-state index is -0.314. The maximum absolute atomic E-state index is 13.1. The number of benzene rings is 1. The summed E-state index contributed by atoms with van der Waals surface area (Å²) in [6.07, 6.45) is 0. The molecule has 1 aromatic rings. The lowest BCUT2D eigenvalue weighted by Crippen LogP contribution is -1.86. The molecule has 0 aliphatic carbocycles. The van der Waals surface area contributed by atoms with Crippen LogP contribution in [-0.2, 0) is 0 Å². The highest BCUT2D eigenvalue weighted by atomic mass is 35.5. The Morgan fingerprint density at radius 2 is 2.14 bits per heavy atom. The molecule has 0 aliphatic heterocycles. The zero-order chi connectivity index (χ0) is 10.7. The van der Waals surface area contributed by atoms with Crippen LogP contribution in [0.15, 0.2) is 23.8 Å². The van der Waals surface area contributed by atoms with Crippen LogP contribution in [-0.4, -0.2) is 0 Å². The van der Waals surface area contributed by atoms with Crippen molar-refractivity contribution < 1.29 is 4.39 Å². The van der Waals surface area contributed by atoms with Gasteiger partial charge in [0.2, 0.25) is 0 Å². The van der Waals surface area contributed by atoms with Gasteiger partial charge in [0.1, 0.15) is 5.82 Å². The molecule has 0 aromatic heterocycles. The van der Waals surface area contributed by atoms with E-state index >= 15 is 0 Å². The molecule has 0 unspecified atom stereocenters. The fourth-order valence-corrected chi connectivity index (χ4v) is 1.15. The molecule has 0 atom stereocenters. The molecular weight excluding hydrogens is 201 g/mol. The number of nitrogens with zero attached hydrogens (tertiary/aromatic N) is 1. The van der Waals surface area contributed by atoms with Gasteiger partial charge in [-0.1, -0.05) is 23.7 Å². The van der Waals surface area contributed by atoms with Crippen LogP contribution in [0.3, 0.4) is 0 Å². The summed E-state index contributed by atoms with van der Waals surface area (Å²) in [4.78, 5) is 0. The SMILES string of the molecule is CC(C#N)=C(Cl)c1ccc(C)c(F)c1. The van der Waals surface area contributed by atoms with Crippen molar-refractivity contribution in [3.8, 4) is 6.07 Å². The number of aryl methyl sites for hydroxylation is 1. The van der Waals surface area contributed by atoms with E-state index in [-0.39, 0.29) is 5.82 Å². The van der Waals surface area contributed by atoms with Gasteiger partial charge in [0, 0.05) is 5.57 Å². The molecule has 0 radical (unpaired) electrons. The van der Waals surface area contributed by atoms with E-state index in [4.69, 9.17) is 16.9 Å². The third-order valence-electron chi connectivity index (χ3n) is 1.92. The maximum atomic E-state index is 13.1. The predicted molar refractivity (Wildman–Crippen MR) is 55.2 cm³/mol. The van der Waals surface area contributed by atoms with Gasteiger partial charge in [0.05, 0.1) is 11.1 Å². The molecule has 1 nitrogen and oxygen atoms in total. The molecule has 3 heteroatoms. The van der Waals surface area contributed by atoms with E-state index < -0.39 is 0 Å². The Bertz CT molecular complexity index is 429. The quantitative estimate of drug-likeness (QED) is 0.648. The van der Waals surface area contributed by atoms with Crippen molar-refractivity contribution in [3.05, 3.63) is 40.7 Å². The van der Waals surface area contributed by atoms with Crippen molar-refractivity contribution in [1.82, 2.24) is 0 Å². The monoisotopic (exact) mass is 209 g/mol. The van der Waals surface area contributed by atoms with Crippen molar-refractivity contribution in [2.45, 2.75) is 13.8 Å². The Morgan fingerprint density at radius 3 is 2.64 bits per heavy atom. The van der Waals surface area contributed by atoms with Gasteiger partial charge in [-0.3, -0.25) is 0 Å². The van der Waals surface area contributed by atoms with Gasteiger partial charge in [0.15, 0.2) is 0 Å². The number of nitriles is 1. The molecule has 0 fully saturated rings. The van der Waals surface area contributed by atoms with Gasteiger partial charge in [0.25, 0.3) is 0 Å². The smallest absolute Gasteiger partial charge is 0.126 e. The molecule has 0 saturated carbocycles. The van der Waals surface area contributed by atoms with Gasteiger partial charge in [-0.15, -0.1) is 0 Å². The summed E-state index contributed by atoms with van der Waals surface area (Å²) in [6.45, 7) is 3.27. The molecule has 0 N–H and O–H groups in total. The molecule has 72 valence electrons. The highest BCUT2D eigenvalue weighted by molar-refractivity contribution is 6.49. The van der Waals surface area contributed by atoms with Crippen LogP contribution in [0.2, 0.25) is 0 Å². The summed E-state index contributed by atoms with van der Waals surface area (Å²) in [6, 6.07) is 6.59. The zero-order valence-corrected chi connectivity index (χ0v) is 8.69. The summed E-state index contributed by atoms with van der Waals surface area (Å²) in [5, 5.41) is 8.90. The third-order valence-corrected chi connectivity index (χ3v) is 2.42. The summed E-state index contributed by atoms with van der Waals surface area (Å²) in [7, 11) is 0. The van der Waals surface area contributed by atoms with E-state index in [2.05, 4.69) is 0 Å². The van der Waals surface area contributed by atoms with Crippen molar-refractivity contribution in [3.63, 3.8) is 0 Å². The average Bonchev–Trinajstić information content (AvgIpc) is 2.20. The first kappa shape index (κ1) is 10.7. The molecule has 0 amide bonds. The standard InChI is InChI=1S/C11H9ClFN/c1-7-3-4-9(5-10(7)13)11(12)8(2)6-14/h3-5H,1-2H3. The van der Waals surface area contributed by atoms with Crippen molar-refractivity contribution >= 4 is 16.6 Å². The molecule has 0 spiro atoms. The van der Waals surface area contributed by atoms with E-state index in [1.807, 2.05) is 6.07 Å². The first-order valence-corrected chi connectivity index (χ1v) is 4.47. The van der Waals surface area contributed by atoms with Gasteiger partial charge < -0.3 is 0 Å². The van der Waals surface area contributed by atoms with Crippen LogP contribution in [0.5, 0.6) is 0 Å². The Labute approximate surface area is 87.4 Å². The number of halogens is 2. The zero-order valence-electron chi connectivity index (χ0n) is 7.94. The highest BCUT2D eigenvalue weighted by Gasteiger charge is 2.05. The van der Waals surface area contributed by atoms with Gasteiger partial charge >= 0.3 is 0 Å². The maximum Gasteiger partial charge on any atom is 0.126 e. The Balaban J connectivity index is 3.24. The largest absolute Gasteiger partial charge is 0.207 e. The Kier molecular flexibility index (Phi) is 3.27. The molecule has 14 heavy (non-hydrogen) atoms. The topological polar surface area (TPSA) is 23.8 Å². The number of rotatable bonds is 1. The Hall–Kier alpha value is -1.33. The molecule has 0 bridgehead atoms. The summed E-state index contributed by atoms with van der Waals surface area (Å²) in [5.41, 5.74) is 1.48. The molecule has 0 aliphatic rings. The second-order valence-corrected chi connectivity index (χ2v) is 3.39. The lowest BCUT2D eigenvalue weighted by Gasteiger charge is -2.02. The van der Waals surface area contributed by atoms with Crippen LogP contribution in [0.4, 0.5) is 4.39 Å². The molecule has 1 aromatic carbocycles. The van der Waals surface area contributed by atoms with Crippen molar-refractivity contribution in [2.75, 3.05) is 0 Å². The minimum Gasteiger partial charge on any atom is -0.207 e. The second kappa shape index (κ2) is 4.26. The minimum absolute atomic E-state index is 0.298. The molecule has 0 saturated heterocycles. The van der Waals surface area contributed by atoms with Crippen LogP contribution in [0.25, 0.3) is 5.03 Å². The van der Waals surface area contributed by atoms with E-state index in [9.17, 15) is 4.39 Å². The summed E-state index contributed by atoms with van der Waals surface area (Å²) < 4.78 is 13.1. The second-order valence-electron chi connectivity index (χ2n) is 3.01. The van der Waals surface area contributed by atoms with Crippen LogP contribution < -0.4 is 0 Å². The lowest BCUT2D eigenvalue weighted by atomic mass is 10.1. The molecule has 0 heterocycles. The van der Waals surface area contributed by atoms with Gasteiger partial charge in [-0.05, 0) is 31.0 Å². The third kappa shape index (κ3) is 2.12. The van der Waals surface area contributed by atoms with Crippen molar-refractivity contribution in [1.29, 1.82) is 5.26 Å². The van der Waals surface area contributed by atoms with E-state index in [1.54, 1.807) is 26.0 Å². The Morgan fingerprint density at radius 1 is 1.50 bits per heavy atom. The summed E-state index contributed by atoms with van der Waals surface area (Å²) in [5.74, 6) is -0.314. The van der Waals surface area contributed by atoms with Crippen LogP contribution >= 0.6 is 11.6 Å². The van der Waals surface area contributed by atoms with Crippen LogP contribution in [0, 0.1) is 24.1 Å². The lowest BCUT2D eigenvalue weighted by molar-refractivity contribution is 0.618. The fourth-order valence-electron chi connectivity index (χ4n) is 0.995. The molecular formula is C11H9ClFN. The van der Waals surface area contributed by atoms with Gasteiger partial charge in [-0.25, -0.2) is 4.39 Å². The van der Waals surface area contributed by atoms with Gasteiger partial charge in [-0.2, -0.15) is 5.26 Å². The van der Waals surface area contributed by atoms with Crippen LogP contribution in [0.1, 0.15) is 18.1 Å². The summed E-state index contributed by atoms with van der Waals surface area (Å²) >= 11 is 5.87. The first-order valence-electron chi connectivity index (χ1n) is 4.09. The average molecular weight is 210 g/mol. The van der Waals surface area contributed by atoms with E-state index in [0.717, 1.165) is 0 Å². The predicted octanol–water partition coefficient (Wildman–Crippen LogP) is 3.63. The fraction of sp³-hybridized carbons (Fsp3) is 0.182. The highest BCUT2D eigenvalue weighted by Crippen LogP contribution is 2.24. The van der Waals surface area contributed by atoms with E-state index in [0.29, 0.717) is 21.7 Å². The number of allylic oxidation sites excluding steroid dienone is 1. The molecule has 1 rings (SSSR count). The number of hydrogen-bond donors (Lipinski definition) is 0. The number of hydrogen-bond acceptors (Lipinski definition) is 1. The normalized spacial score (nSPS) is 11.9. The first-order chi connectivity index (χ1) is 6.56. The van der Waals surface area contributed by atoms with E-state index in [1.165, 1.54) is 6.07 Å². The van der Waals surface area contributed by atoms with Crippen molar-refractivity contribution in [2.24, 2.45) is 0 Å².